The maximum Gasteiger partial charge on any atom is 0.273 e. The lowest BCUT2D eigenvalue weighted by Crippen LogP contribution is -2.43. The molecular weight excluding hydrogens is 332 g/mol. The monoisotopic (exact) mass is 354 g/mol. The van der Waals surface area contributed by atoms with Crippen LogP contribution in [0, 0.1) is 23.0 Å². The molecule has 7 nitrogen and oxygen atoms in total. The second-order valence-electron chi connectivity index (χ2n) is 6.67. The molecule has 24 heavy (non-hydrogen) atoms. The third-order valence-electron chi connectivity index (χ3n) is 4.12. The lowest BCUT2D eigenvalue weighted by Gasteiger charge is -2.30. The molecule has 0 saturated carbocycles. The topological polar surface area (TPSA) is 97.6 Å². The van der Waals surface area contributed by atoms with Gasteiger partial charge < -0.3 is 4.90 Å². The second-order valence-corrected chi connectivity index (χ2v) is 8.90. The summed E-state index contributed by atoms with van der Waals surface area (Å²) in [5.41, 5.74) is 0.594. The molecule has 0 N–H and O–H groups in total. The highest BCUT2D eigenvalue weighted by molar-refractivity contribution is 7.91. The highest BCUT2D eigenvalue weighted by Gasteiger charge is 2.35. The van der Waals surface area contributed by atoms with Gasteiger partial charge in [0.05, 0.1) is 16.4 Å². The van der Waals surface area contributed by atoms with E-state index in [9.17, 15) is 23.3 Å². The summed E-state index contributed by atoms with van der Waals surface area (Å²) in [4.78, 5) is 25.0. The molecular formula is C16H22N2O5S. The number of carbonyl (C=O) groups excluding carboxylic acids is 1. The molecule has 0 radical (unpaired) electrons. The number of benzene rings is 1. The van der Waals surface area contributed by atoms with E-state index in [-0.39, 0.29) is 40.6 Å². The van der Waals surface area contributed by atoms with Crippen molar-refractivity contribution in [2.24, 2.45) is 5.92 Å². The summed E-state index contributed by atoms with van der Waals surface area (Å²) < 4.78 is 23.5. The number of nitrogens with zero attached hydrogens (tertiary/aromatic N) is 2. The van der Waals surface area contributed by atoms with Crippen LogP contribution in [0.25, 0.3) is 0 Å². The van der Waals surface area contributed by atoms with Crippen LogP contribution in [-0.2, 0) is 9.84 Å². The average molecular weight is 354 g/mol. The summed E-state index contributed by atoms with van der Waals surface area (Å²) in [6.45, 7) is 5.92. The highest BCUT2D eigenvalue weighted by atomic mass is 32.2. The van der Waals surface area contributed by atoms with Gasteiger partial charge in [0.15, 0.2) is 9.84 Å². The normalized spacial score (nSPS) is 19.4. The number of nitro benzene ring substituents is 1. The van der Waals surface area contributed by atoms with Gasteiger partial charge in [0.2, 0.25) is 0 Å². The zero-order chi connectivity index (χ0) is 18.1. The molecule has 2 rings (SSSR count). The van der Waals surface area contributed by atoms with Crippen molar-refractivity contribution in [3.05, 3.63) is 39.4 Å². The van der Waals surface area contributed by atoms with Crippen LogP contribution < -0.4 is 0 Å². The molecule has 0 aliphatic carbocycles. The number of amides is 1. The van der Waals surface area contributed by atoms with Crippen molar-refractivity contribution in [2.75, 3.05) is 18.1 Å². The SMILES string of the molecule is Cc1ccc(C(=O)N(CC(C)C)C2CCS(=O)(=O)C2)cc1[N+](=O)[O-]. The van der Waals surface area contributed by atoms with Crippen LogP contribution in [-0.4, -0.2) is 48.2 Å². The maximum atomic E-state index is 12.9. The van der Waals surface area contributed by atoms with E-state index in [0.717, 1.165) is 0 Å². The Balaban J connectivity index is 2.34. The summed E-state index contributed by atoms with van der Waals surface area (Å²) in [6.07, 6.45) is 0.411. The number of nitro groups is 1. The molecule has 0 bridgehead atoms. The third kappa shape index (κ3) is 4.11. The van der Waals surface area contributed by atoms with E-state index in [2.05, 4.69) is 0 Å². The van der Waals surface area contributed by atoms with Gasteiger partial charge in [-0.05, 0) is 25.3 Å². The van der Waals surface area contributed by atoms with Crippen molar-refractivity contribution in [1.82, 2.24) is 4.90 Å². The molecule has 1 aromatic carbocycles. The fourth-order valence-electron chi connectivity index (χ4n) is 2.92. The molecule has 1 atom stereocenters. The number of hydrogen-bond donors (Lipinski definition) is 0. The number of hydrogen-bond acceptors (Lipinski definition) is 5. The Kier molecular flexibility index (Phi) is 5.27. The average Bonchev–Trinajstić information content (AvgIpc) is 2.84. The van der Waals surface area contributed by atoms with Gasteiger partial charge in [-0.2, -0.15) is 0 Å². The van der Waals surface area contributed by atoms with E-state index in [1.165, 1.54) is 6.07 Å². The largest absolute Gasteiger partial charge is 0.334 e. The number of rotatable bonds is 5. The number of aryl methyl sites for hydroxylation is 1. The van der Waals surface area contributed by atoms with Crippen molar-refractivity contribution < 1.29 is 18.1 Å². The van der Waals surface area contributed by atoms with Crippen LogP contribution in [0.1, 0.15) is 36.2 Å². The number of carbonyl (C=O) groups is 1. The molecule has 1 unspecified atom stereocenters. The summed E-state index contributed by atoms with van der Waals surface area (Å²) >= 11 is 0. The zero-order valence-electron chi connectivity index (χ0n) is 14.1. The molecule has 1 saturated heterocycles. The van der Waals surface area contributed by atoms with Crippen molar-refractivity contribution >= 4 is 21.4 Å². The Morgan fingerprint density at radius 2 is 2.08 bits per heavy atom. The fourth-order valence-corrected chi connectivity index (χ4v) is 4.65. The van der Waals surface area contributed by atoms with E-state index < -0.39 is 14.8 Å². The van der Waals surface area contributed by atoms with E-state index in [0.29, 0.717) is 18.5 Å². The number of sulfone groups is 1. The van der Waals surface area contributed by atoms with Crippen LogP contribution >= 0.6 is 0 Å². The first-order valence-electron chi connectivity index (χ1n) is 7.87. The Bertz CT molecular complexity index is 758. The van der Waals surface area contributed by atoms with Crippen LogP contribution in [0.3, 0.4) is 0 Å². The minimum Gasteiger partial charge on any atom is -0.334 e. The predicted octanol–water partition coefficient (Wildman–Crippen LogP) is 2.19. The van der Waals surface area contributed by atoms with Gasteiger partial charge in [0, 0.05) is 29.8 Å². The van der Waals surface area contributed by atoms with E-state index >= 15 is 0 Å². The van der Waals surface area contributed by atoms with Crippen LogP contribution in [0.15, 0.2) is 18.2 Å². The molecule has 1 heterocycles. The molecule has 1 aromatic rings. The van der Waals surface area contributed by atoms with Gasteiger partial charge in [-0.25, -0.2) is 8.42 Å². The molecule has 8 heteroatoms. The first-order chi connectivity index (χ1) is 11.1. The van der Waals surface area contributed by atoms with E-state index in [1.54, 1.807) is 24.0 Å². The Labute approximate surface area is 141 Å². The van der Waals surface area contributed by atoms with Crippen LogP contribution in [0.2, 0.25) is 0 Å². The van der Waals surface area contributed by atoms with Crippen molar-refractivity contribution in [3.8, 4) is 0 Å². The van der Waals surface area contributed by atoms with Crippen LogP contribution in [0.5, 0.6) is 0 Å². The zero-order valence-corrected chi connectivity index (χ0v) is 14.9. The molecule has 1 amide bonds. The molecule has 132 valence electrons. The lowest BCUT2D eigenvalue weighted by molar-refractivity contribution is -0.385. The molecule has 0 spiro atoms. The fraction of sp³-hybridized carbons (Fsp3) is 0.562. The summed E-state index contributed by atoms with van der Waals surface area (Å²) in [5.74, 6) is -0.154. The second kappa shape index (κ2) is 6.88. The first kappa shape index (κ1) is 18.4. The highest BCUT2D eigenvalue weighted by Crippen LogP contribution is 2.24. The predicted molar refractivity (Wildman–Crippen MR) is 90.8 cm³/mol. The Morgan fingerprint density at radius 3 is 2.58 bits per heavy atom. The summed E-state index contributed by atoms with van der Waals surface area (Å²) in [5, 5.41) is 11.1. The van der Waals surface area contributed by atoms with E-state index in [4.69, 9.17) is 0 Å². The minimum absolute atomic E-state index is 0.0422. The van der Waals surface area contributed by atoms with Gasteiger partial charge in [-0.3, -0.25) is 14.9 Å². The van der Waals surface area contributed by atoms with Crippen molar-refractivity contribution in [2.45, 2.75) is 33.2 Å². The van der Waals surface area contributed by atoms with Crippen molar-refractivity contribution in [1.29, 1.82) is 0 Å². The smallest absolute Gasteiger partial charge is 0.273 e. The molecule has 1 aliphatic rings. The maximum absolute atomic E-state index is 12.9. The van der Waals surface area contributed by atoms with E-state index in [1.807, 2.05) is 13.8 Å². The third-order valence-corrected chi connectivity index (χ3v) is 5.88. The summed E-state index contributed by atoms with van der Waals surface area (Å²) in [6, 6.07) is 4.01. The Hall–Kier alpha value is -1.96. The van der Waals surface area contributed by atoms with Gasteiger partial charge >= 0.3 is 0 Å². The molecule has 1 fully saturated rings. The first-order valence-corrected chi connectivity index (χ1v) is 9.69. The standard InChI is InChI=1S/C16H22N2O5S/c1-11(2)9-17(14-6-7-24(22,23)10-14)16(19)13-5-4-12(3)15(8-13)18(20)21/h4-5,8,11,14H,6-7,9-10H2,1-3H3. The van der Waals surface area contributed by atoms with Gasteiger partial charge in [-0.15, -0.1) is 0 Å². The van der Waals surface area contributed by atoms with Gasteiger partial charge in [0.1, 0.15) is 0 Å². The summed E-state index contributed by atoms with van der Waals surface area (Å²) in [7, 11) is -3.12. The van der Waals surface area contributed by atoms with Gasteiger partial charge in [-0.1, -0.05) is 19.9 Å². The quantitative estimate of drug-likeness (QED) is 0.596. The van der Waals surface area contributed by atoms with Crippen LogP contribution in [0.4, 0.5) is 5.69 Å². The molecule has 1 aliphatic heterocycles. The van der Waals surface area contributed by atoms with Crippen molar-refractivity contribution in [3.63, 3.8) is 0 Å². The van der Waals surface area contributed by atoms with Gasteiger partial charge in [0.25, 0.3) is 11.6 Å². The lowest BCUT2D eigenvalue weighted by atomic mass is 10.1. The minimum atomic E-state index is -3.12. The Morgan fingerprint density at radius 1 is 1.42 bits per heavy atom. The molecule has 0 aromatic heterocycles.